The van der Waals surface area contributed by atoms with Gasteiger partial charge in [0.1, 0.15) is 11.5 Å². The summed E-state index contributed by atoms with van der Waals surface area (Å²) in [6.45, 7) is 2.77. The molecule has 0 heterocycles. The summed E-state index contributed by atoms with van der Waals surface area (Å²) in [5.41, 5.74) is 3.37. The average Bonchev–Trinajstić information content (AvgIpc) is 2.64. The van der Waals surface area contributed by atoms with E-state index in [0.717, 1.165) is 17.2 Å². The molecule has 0 bridgehead atoms. The Labute approximate surface area is 153 Å². The van der Waals surface area contributed by atoms with Crippen LogP contribution < -0.4 is 15.4 Å². The molecule has 0 spiro atoms. The molecule has 25 heavy (non-hydrogen) atoms. The molecule has 0 aliphatic carbocycles. The van der Waals surface area contributed by atoms with Gasteiger partial charge in [-0.2, -0.15) is 0 Å². The Morgan fingerprint density at radius 3 is 2.16 bits per heavy atom. The number of hydrogen-bond acceptors (Lipinski definition) is 2. The first-order valence-electron chi connectivity index (χ1n) is 8.12. The Kier molecular flexibility index (Phi) is 5.65. The van der Waals surface area contributed by atoms with Gasteiger partial charge in [0.2, 0.25) is 0 Å². The van der Waals surface area contributed by atoms with E-state index in [1.165, 1.54) is 11.1 Å². The van der Waals surface area contributed by atoms with Gasteiger partial charge in [-0.15, -0.1) is 0 Å². The molecule has 2 N–H and O–H groups in total. The summed E-state index contributed by atoms with van der Waals surface area (Å²) in [5, 5.41) is 6.98. The van der Waals surface area contributed by atoms with Gasteiger partial charge in [0.15, 0.2) is 5.11 Å². The van der Waals surface area contributed by atoms with E-state index in [2.05, 4.69) is 41.8 Å². The fraction of sp³-hybridized carbons (Fsp3) is 0.0952. The molecule has 0 aliphatic heterocycles. The Bertz CT molecular complexity index is 815. The number of benzene rings is 3. The van der Waals surface area contributed by atoms with Gasteiger partial charge in [0.05, 0.1) is 0 Å². The molecule has 0 unspecified atom stereocenters. The Balaban J connectivity index is 1.50. The van der Waals surface area contributed by atoms with Gasteiger partial charge >= 0.3 is 0 Å². The zero-order valence-corrected chi connectivity index (χ0v) is 14.8. The number of ether oxygens (including phenoxy) is 1. The Morgan fingerprint density at radius 1 is 0.840 bits per heavy atom. The SMILES string of the molecule is Cc1ccc(CNC(=S)Nc2ccc(Oc3ccccc3)cc2)cc1. The second-order valence-electron chi connectivity index (χ2n) is 5.73. The van der Waals surface area contributed by atoms with E-state index in [-0.39, 0.29) is 0 Å². The van der Waals surface area contributed by atoms with Crippen molar-refractivity contribution in [3.8, 4) is 11.5 Å². The van der Waals surface area contributed by atoms with E-state index >= 15 is 0 Å². The number of thiocarbonyl (C=S) groups is 1. The highest BCUT2D eigenvalue weighted by Crippen LogP contribution is 2.22. The van der Waals surface area contributed by atoms with E-state index in [0.29, 0.717) is 11.7 Å². The van der Waals surface area contributed by atoms with Crippen molar-refractivity contribution in [2.24, 2.45) is 0 Å². The van der Waals surface area contributed by atoms with Gasteiger partial charge in [-0.1, -0.05) is 48.0 Å². The maximum absolute atomic E-state index is 5.78. The molecule has 0 fully saturated rings. The van der Waals surface area contributed by atoms with Crippen LogP contribution in [0.25, 0.3) is 0 Å². The number of nitrogens with one attached hydrogen (secondary N) is 2. The lowest BCUT2D eigenvalue weighted by Gasteiger charge is -2.11. The van der Waals surface area contributed by atoms with Crippen molar-refractivity contribution < 1.29 is 4.74 Å². The van der Waals surface area contributed by atoms with E-state index in [9.17, 15) is 0 Å². The summed E-state index contributed by atoms with van der Waals surface area (Å²) < 4.78 is 5.78. The Hall–Kier alpha value is -2.85. The van der Waals surface area contributed by atoms with Gasteiger partial charge in [-0.25, -0.2) is 0 Å². The molecule has 3 nitrogen and oxygen atoms in total. The van der Waals surface area contributed by atoms with Gasteiger partial charge in [0.25, 0.3) is 0 Å². The third kappa shape index (κ3) is 5.33. The molecular weight excluding hydrogens is 328 g/mol. The maximum Gasteiger partial charge on any atom is 0.171 e. The minimum absolute atomic E-state index is 0.595. The normalized spacial score (nSPS) is 10.1. The van der Waals surface area contributed by atoms with Crippen molar-refractivity contribution in [1.82, 2.24) is 5.32 Å². The molecule has 0 amide bonds. The molecule has 0 aliphatic rings. The van der Waals surface area contributed by atoms with Crippen LogP contribution in [0.4, 0.5) is 5.69 Å². The minimum Gasteiger partial charge on any atom is -0.457 e. The van der Waals surface area contributed by atoms with Crippen LogP contribution >= 0.6 is 12.2 Å². The third-order valence-electron chi connectivity index (χ3n) is 3.66. The van der Waals surface area contributed by atoms with Crippen LogP contribution in [0.15, 0.2) is 78.9 Å². The molecule has 126 valence electrons. The molecule has 0 atom stereocenters. The highest BCUT2D eigenvalue weighted by atomic mass is 32.1. The quantitative estimate of drug-likeness (QED) is 0.615. The maximum atomic E-state index is 5.78. The molecular formula is C21H20N2OS. The lowest BCUT2D eigenvalue weighted by Crippen LogP contribution is -2.27. The summed E-state index contributed by atoms with van der Waals surface area (Å²) >= 11 is 5.35. The van der Waals surface area contributed by atoms with Crippen molar-refractivity contribution in [2.75, 3.05) is 5.32 Å². The first-order valence-corrected chi connectivity index (χ1v) is 8.53. The first kappa shape index (κ1) is 17.0. The lowest BCUT2D eigenvalue weighted by atomic mass is 10.1. The first-order chi connectivity index (χ1) is 12.2. The highest BCUT2D eigenvalue weighted by Gasteiger charge is 2.00. The van der Waals surface area contributed by atoms with E-state index in [1.54, 1.807) is 0 Å². The van der Waals surface area contributed by atoms with Crippen LogP contribution in [0.2, 0.25) is 0 Å². The molecule has 3 rings (SSSR count). The summed E-state index contributed by atoms with van der Waals surface area (Å²) in [6.07, 6.45) is 0. The lowest BCUT2D eigenvalue weighted by molar-refractivity contribution is 0.483. The van der Waals surface area contributed by atoms with Crippen molar-refractivity contribution in [2.45, 2.75) is 13.5 Å². The number of anilines is 1. The molecule has 4 heteroatoms. The summed E-state index contributed by atoms with van der Waals surface area (Å²) in [4.78, 5) is 0. The van der Waals surface area contributed by atoms with Crippen molar-refractivity contribution >= 4 is 23.0 Å². The summed E-state index contributed by atoms with van der Waals surface area (Å²) in [7, 11) is 0. The molecule has 0 saturated heterocycles. The monoisotopic (exact) mass is 348 g/mol. The van der Waals surface area contributed by atoms with Crippen LogP contribution in [0.1, 0.15) is 11.1 Å². The topological polar surface area (TPSA) is 33.3 Å². The van der Waals surface area contributed by atoms with Crippen molar-refractivity contribution in [3.05, 3.63) is 90.0 Å². The predicted octanol–water partition coefficient (Wildman–Crippen LogP) is 5.27. The van der Waals surface area contributed by atoms with Crippen LogP contribution in [0.3, 0.4) is 0 Å². The van der Waals surface area contributed by atoms with E-state index < -0.39 is 0 Å². The third-order valence-corrected chi connectivity index (χ3v) is 3.91. The number of para-hydroxylation sites is 1. The van der Waals surface area contributed by atoms with Crippen LogP contribution in [-0.2, 0) is 6.54 Å². The zero-order chi connectivity index (χ0) is 17.5. The van der Waals surface area contributed by atoms with E-state index in [1.807, 2.05) is 54.6 Å². The average molecular weight is 348 g/mol. The fourth-order valence-corrected chi connectivity index (χ4v) is 2.48. The fourth-order valence-electron chi connectivity index (χ4n) is 2.29. The van der Waals surface area contributed by atoms with Crippen LogP contribution in [-0.4, -0.2) is 5.11 Å². The van der Waals surface area contributed by atoms with Gasteiger partial charge in [0, 0.05) is 12.2 Å². The van der Waals surface area contributed by atoms with Gasteiger partial charge in [-0.3, -0.25) is 0 Å². The van der Waals surface area contributed by atoms with Crippen LogP contribution in [0.5, 0.6) is 11.5 Å². The van der Waals surface area contributed by atoms with E-state index in [4.69, 9.17) is 17.0 Å². The van der Waals surface area contributed by atoms with Crippen molar-refractivity contribution in [3.63, 3.8) is 0 Å². The second-order valence-corrected chi connectivity index (χ2v) is 6.14. The number of aryl methyl sites for hydroxylation is 1. The second kappa shape index (κ2) is 8.31. The standard InChI is InChI=1S/C21H20N2OS/c1-16-7-9-17(10-8-16)15-22-21(25)23-18-11-13-20(14-12-18)24-19-5-3-2-4-6-19/h2-14H,15H2,1H3,(H2,22,23,25). The predicted molar refractivity (Wildman–Crippen MR) is 107 cm³/mol. The smallest absolute Gasteiger partial charge is 0.171 e. The summed E-state index contributed by atoms with van der Waals surface area (Å²) in [5.74, 6) is 1.61. The molecule has 3 aromatic carbocycles. The summed E-state index contributed by atoms with van der Waals surface area (Å²) in [6, 6.07) is 25.8. The van der Waals surface area contributed by atoms with Gasteiger partial charge < -0.3 is 15.4 Å². The largest absolute Gasteiger partial charge is 0.457 e. The van der Waals surface area contributed by atoms with Crippen LogP contribution in [0, 0.1) is 6.92 Å². The number of hydrogen-bond donors (Lipinski definition) is 2. The highest BCUT2D eigenvalue weighted by molar-refractivity contribution is 7.80. The molecule has 0 saturated carbocycles. The van der Waals surface area contributed by atoms with Gasteiger partial charge in [-0.05, 0) is 61.1 Å². The molecule has 0 aromatic heterocycles. The number of rotatable bonds is 5. The Morgan fingerprint density at radius 2 is 1.48 bits per heavy atom. The zero-order valence-electron chi connectivity index (χ0n) is 14.0. The minimum atomic E-state index is 0.595. The van der Waals surface area contributed by atoms with Crippen molar-refractivity contribution in [1.29, 1.82) is 0 Å². The molecule has 3 aromatic rings. The molecule has 0 radical (unpaired) electrons.